The number of hydrogen-bond acceptors (Lipinski definition) is 3. The molecule has 3 nitrogen and oxygen atoms in total. The number of hydrogen-bond donors (Lipinski definition) is 1. The molecule has 1 atom stereocenters. The van der Waals surface area contributed by atoms with Crippen LogP contribution in [0.25, 0.3) is 0 Å². The Morgan fingerprint density at radius 3 is 1.95 bits per heavy atom. The van der Waals surface area contributed by atoms with Crippen molar-refractivity contribution in [1.82, 2.24) is 4.90 Å². The van der Waals surface area contributed by atoms with Crippen LogP contribution in [0.2, 0.25) is 0 Å². The van der Waals surface area contributed by atoms with E-state index in [2.05, 4.69) is 38.7 Å². The average Bonchev–Trinajstić information content (AvgIpc) is 3.16. The monoisotopic (exact) mass is 265 g/mol. The van der Waals surface area contributed by atoms with Gasteiger partial charge in [0, 0.05) is 6.54 Å². The Bertz CT molecular complexity index is 290. The van der Waals surface area contributed by atoms with Crippen LogP contribution in [0.15, 0.2) is 0 Å². The highest BCUT2D eigenvalue weighted by Crippen LogP contribution is 2.38. The molecule has 0 aromatic heterocycles. The van der Waals surface area contributed by atoms with Gasteiger partial charge in [0.05, 0.1) is 6.07 Å². The third kappa shape index (κ3) is 5.93. The van der Waals surface area contributed by atoms with Crippen molar-refractivity contribution in [1.29, 1.82) is 5.26 Å². The van der Waals surface area contributed by atoms with Crippen LogP contribution in [0.3, 0.4) is 0 Å². The van der Waals surface area contributed by atoms with Gasteiger partial charge >= 0.3 is 0 Å². The van der Waals surface area contributed by atoms with Crippen molar-refractivity contribution in [2.45, 2.75) is 58.9 Å². The normalized spacial score (nSPS) is 18.9. The fourth-order valence-corrected chi connectivity index (χ4v) is 2.38. The zero-order chi connectivity index (χ0) is 14.5. The Morgan fingerprint density at radius 2 is 1.63 bits per heavy atom. The van der Waals surface area contributed by atoms with Gasteiger partial charge < -0.3 is 10.6 Å². The molecule has 1 aliphatic carbocycles. The van der Waals surface area contributed by atoms with Crippen LogP contribution in [-0.2, 0) is 0 Å². The summed E-state index contributed by atoms with van der Waals surface area (Å²) < 4.78 is 0. The summed E-state index contributed by atoms with van der Waals surface area (Å²) in [4.78, 5) is 2.42. The van der Waals surface area contributed by atoms with Crippen molar-refractivity contribution in [2.75, 3.05) is 19.6 Å². The van der Waals surface area contributed by atoms with Crippen molar-refractivity contribution in [2.24, 2.45) is 23.5 Å². The minimum atomic E-state index is -0.617. The Hall–Kier alpha value is -0.590. The molecule has 1 rings (SSSR count). The predicted octanol–water partition coefficient (Wildman–Crippen LogP) is 3.01. The summed E-state index contributed by atoms with van der Waals surface area (Å²) in [5.41, 5.74) is 5.70. The topological polar surface area (TPSA) is 53.0 Å². The van der Waals surface area contributed by atoms with Crippen LogP contribution >= 0.6 is 0 Å². The molecule has 19 heavy (non-hydrogen) atoms. The van der Waals surface area contributed by atoms with Crippen molar-refractivity contribution in [3.8, 4) is 6.07 Å². The third-order valence-electron chi connectivity index (χ3n) is 4.04. The summed E-state index contributed by atoms with van der Waals surface area (Å²) >= 11 is 0. The van der Waals surface area contributed by atoms with E-state index < -0.39 is 5.54 Å². The average molecular weight is 265 g/mol. The maximum absolute atomic E-state index is 9.40. The van der Waals surface area contributed by atoms with Crippen molar-refractivity contribution in [3.05, 3.63) is 0 Å². The molecule has 0 bridgehead atoms. The second kappa shape index (κ2) is 7.26. The lowest BCUT2D eigenvalue weighted by molar-refractivity contribution is 0.201. The first kappa shape index (κ1) is 16.5. The van der Waals surface area contributed by atoms with Gasteiger partial charge in [-0.15, -0.1) is 0 Å². The lowest BCUT2D eigenvalue weighted by Gasteiger charge is -2.31. The van der Waals surface area contributed by atoms with Gasteiger partial charge in [-0.2, -0.15) is 5.26 Å². The maximum atomic E-state index is 9.40. The molecule has 0 heterocycles. The molecule has 0 aromatic carbocycles. The quantitative estimate of drug-likeness (QED) is 0.697. The molecule has 1 unspecified atom stereocenters. The fraction of sp³-hybridized carbons (Fsp3) is 0.938. The van der Waals surface area contributed by atoms with Crippen LogP contribution in [0.4, 0.5) is 0 Å². The lowest BCUT2D eigenvalue weighted by atomic mass is 9.95. The number of nitrogens with zero attached hydrogens (tertiary/aromatic N) is 2. The molecular weight excluding hydrogens is 234 g/mol. The van der Waals surface area contributed by atoms with E-state index in [1.807, 2.05) is 0 Å². The molecule has 0 radical (unpaired) electrons. The fourth-order valence-electron chi connectivity index (χ4n) is 2.38. The minimum absolute atomic E-state index is 0.429. The van der Waals surface area contributed by atoms with Gasteiger partial charge in [0.25, 0.3) is 0 Å². The lowest BCUT2D eigenvalue weighted by Crippen LogP contribution is -2.51. The molecule has 2 N–H and O–H groups in total. The Kier molecular flexibility index (Phi) is 6.29. The first-order valence-electron chi connectivity index (χ1n) is 7.80. The minimum Gasteiger partial charge on any atom is -0.312 e. The highest BCUT2D eigenvalue weighted by molar-refractivity contribution is 5.14. The molecule has 0 aromatic rings. The SMILES string of the molecule is CC(C)CCN(CCC(C)C)CC(N)(C#N)C1CC1. The van der Waals surface area contributed by atoms with Gasteiger partial charge in [0.15, 0.2) is 0 Å². The number of nitriles is 1. The molecule has 0 amide bonds. The first-order chi connectivity index (χ1) is 8.87. The smallest absolute Gasteiger partial charge is 0.119 e. The van der Waals surface area contributed by atoms with E-state index in [0.29, 0.717) is 17.8 Å². The van der Waals surface area contributed by atoms with Crippen molar-refractivity contribution >= 4 is 0 Å². The Labute approximate surface area is 119 Å². The summed E-state index contributed by atoms with van der Waals surface area (Å²) in [6, 6.07) is 2.38. The van der Waals surface area contributed by atoms with Crippen LogP contribution < -0.4 is 5.73 Å². The molecule has 0 spiro atoms. The second-order valence-corrected chi connectivity index (χ2v) is 7.07. The van der Waals surface area contributed by atoms with Crippen molar-refractivity contribution in [3.63, 3.8) is 0 Å². The molecule has 110 valence electrons. The summed E-state index contributed by atoms with van der Waals surface area (Å²) in [7, 11) is 0. The Morgan fingerprint density at radius 1 is 1.16 bits per heavy atom. The highest BCUT2D eigenvalue weighted by Gasteiger charge is 2.43. The first-order valence-corrected chi connectivity index (χ1v) is 7.80. The Balaban J connectivity index is 2.53. The van der Waals surface area contributed by atoms with Crippen LogP contribution in [0, 0.1) is 29.1 Å². The van der Waals surface area contributed by atoms with Gasteiger partial charge in [0.2, 0.25) is 0 Å². The van der Waals surface area contributed by atoms with E-state index in [1.165, 1.54) is 12.8 Å². The van der Waals surface area contributed by atoms with E-state index in [1.54, 1.807) is 0 Å². The van der Waals surface area contributed by atoms with Crippen LogP contribution in [0.1, 0.15) is 53.4 Å². The van der Waals surface area contributed by atoms with Crippen LogP contribution in [-0.4, -0.2) is 30.1 Å². The van der Waals surface area contributed by atoms with E-state index in [4.69, 9.17) is 5.73 Å². The van der Waals surface area contributed by atoms with E-state index in [9.17, 15) is 5.26 Å². The molecule has 3 heteroatoms. The molecule has 0 saturated heterocycles. The second-order valence-electron chi connectivity index (χ2n) is 7.07. The summed E-state index contributed by atoms with van der Waals surface area (Å²) in [5, 5.41) is 9.40. The van der Waals surface area contributed by atoms with Gasteiger partial charge in [0.1, 0.15) is 5.54 Å². The predicted molar refractivity (Wildman–Crippen MR) is 80.6 cm³/mol. The van der Waals surface area contributed by atoms with E-state index >= 15 is 0 Å². The largest absolute Gasteiger partial charge is 0.312 e. The van der Waals surface area contributed by atoms with Crippen LogP contribution in [0.5, 0.6) is 0 Å². The van der Waals surface area contributed by atoms with Gasteiger partial charge in [-0.25, -0.2) is 0 Å². The zero-order valence-corrected chi connectivity index (χ0v) is 13.2. The van der Waals surface area contributed by atoms with E-state index in [-0.39, 0.29) is 0 Å². The zero-order valence-electron chi connectivity index (χ0n) is 13.2. The maximum Gasteiger partial charge on any atom is 0.119 e. The van der Waals surface area contributed by atoms with E-state index in [0.717, 1.165) is 32.5 Å². The molecule has 1 fully saturated rings. The number of rotatable bonds is 9. The molecule has 0 aliphatic heterocycles. The number of nitrogens with two attached hydrogens (primary N) is 1. The molecule has 1 saturated carbocycles. The molecule has 1 aliphatic rings. The van der Waals surface area contributed by atoms with Gasteiger partial charge in [-0.05, 0) is 56.5 Å². The molecular formula is C16H31N3. The van der Waals surface area contributed by atoms with Gasteiger partial charge in [-0.1, -0.05) is 27.7 Å². The standard InChI is InChI=1S/C16H31N3/c1-13(2)7-9-19(10-8-14(3)4)12-16(18,11-17)15-5-6-15/h13-15H,5-10,12,18H2,1-4H3. The summed E-state index contributed by atoms with van der Waals surface area (Å²) in [6.45, 7) is 11.9. The third-order valence-corrected chi connectivity index (χ3v) is 4.04. The van der Waals surface area contributed by atoms with Gasteiger partial charge in [-0.3, -0.25) is 0 Å². The highest BCUT2D eigenvalue weighted by atomic mass is 15.1. The summed E-state index contributed by atoms with van der Waals surface area (Å²) in [5.74, 6) is 1.84. The van der Waals surface area contributed by atoms with Crippen molar-refractivity contribution < 1.29 is 0 Å². The summed E-state index contributed by atoms with van der Waals surface area (Å²) in [6.07, 6.45) is 4.63.